The van der Waals surface area contributed by atoms with E-state index >= 15 is 0 Å². The highest BCUT2D eigenvalue weighted by Gasteiger charge is 2.15. The van der Waals surface area contributed by atoms with E-state index < -0.39 is 4.92 Å². The van der Waals surface area contributed by atoms with Crippen molar-refractivity contribution in [2.75, 3.05) is 30.8 Å². The Morgan fingerprint density at radius 2 is 1.76 bits per heavy atom. The first-order chi connectivity index (χ1) is 12.1. The molecule has 3 rings (SSSR count). The Hall–Kier alpha value is -2.74. The molecule has 8 heteroatoms. The molecule has 2 aromatic rings. The van der Waals surface area contributed by atoms with Crippen LogP contribution in [0, 0.1) is 10.1 Å². The minimum atomic E-state index is -0.413. The lowest BCUT2D eigenvalue weighted by Crippen LogP contribution is -2.25. The molecule has 25 heavy (non-hydrogen) atoms. The number of nitrogens with zero attached hydrogens (tertiary/aromatic N) is 4. The number of hydrogen-bond donors (Lipinski definition) is 2. The van der Waals surface area contributed by atoms with Crippen LogP contribution in [0.2, 0.25) is 0 Å². The van der Waals surface area contributed by atoms with E-state index in [0.717, 1.165) is 31.7 Å². The molecule has 0 spiro atoms. The zero-order valence-electron chi connectivity index (χ0n) is 14.4. The highest BCUT2D eigenvalue weighted by Crippen LogP contribution is 2.26. The molecule has 1 aromatic carbocycles. The molecule has 1 fully saturated rings. The molecule has 8 nitrogen and oxygen atoms in total. The summed E-state index contributed by atoms with van der Waals surface area (Å²) >= 11 is 0. The van der Waals surface area contributed by atoms with Gasteiger partial charge in [-0.3, -0.25) is 10.1 Å². The summed E-state index contributed by atoms with van der Waals surface area (Å²) in [5.74, 6) is 0.981. The third-order valence-electron chi connectivity index (χ3n) is 4.01. The Morgan fingerprint density at radius 3 is 2.40 bits per heavy atom. The van der Waals surface area contributed by atoms with Gasteiger partial charge in [-0.25, -0.2) is 4.98 Å². The zero-order chi connectivity index (χ0) is 18.2. The highest BCUT2D eigenvalue weighted by molar-refractivity contribution is 5.66. The molecule has 1 aliphatic rings. The largest absolute Gasteiger partial charge is 0.368 e. The number of benzene rings is 1. The van der Waals surface area contributed by atoms with Crippen LogP contribution in [0.5, 0.6) is 0 Å². The molecule has 0 saturated carbocycles. The van der Waals surface area contributed by atoms with Gasteiger partial charge in [0.1, 0.15) is 5.82 Å². The van der Waals surface area contributed by atoms with Gasteiger partial charge in [0.25, 0.3) is 5.69 Å². The first-order valence-corrected chi connectivity index (χ1v) is 8.35. The first-order valence-electron chi connectivity index (χ1n) is 8.35. The molecule has 0 bridgehead atoms. The zero-order valence-corrected chi connectivity index (χ0v) is 14.4. The fourth-order valence-corrected chi connectivity index (χ4v) is 2.84. The predicted molar refractivity (Wildman–Crippen MR) is 99.3 cm³/mol. The molecule has 2 heterocycles. The second-order valence-electron chi connectivity index (χ2n) is 5.68. The molecule has 0 radical (unpaired) electrons. The van der Waals surface area contributed by atoms with Crippen molar-refractivity contribution >= 4 is 17.5 Å². The molecular weight excluding hydrogens is 320 g/mol. The number of anilines is 2. The van der Waals surface area contributed by atoms with Crippen molar-refractivity contribution < 1.29 is 4.92 Å². The molecule has 0 unspecified atom stereocenters. The molecular formula is C17H24N6O2. The number of non-ortho nitro benzene ring substituents is 1. The maximum atomic E-state index is 10.9. The van der Waals surface area contributed by atoms with Crippen LogP contribution in [0.3, 0.4) is 0 Å². The smallest absolute Gasteiger partial charge is 0.270 e. The topological polar surface area (TPSA) is 124 Å². The van der Waals surface area contributed by atoms with Gasteiger partial charge in [0.2, 0.25) is 5.95 Å². The fourth-order valence-electron chi connectivity index (χ4n) is 2.84. The fraction of sp³-hybridized carbons (Fsp3) is 0.412. The lowest BCUT2D eigenvalue weighted by molar-refractivity contribution is -0.384. The summed E-state index contributed by atoms with van der Waals surface area (Å²) in [7, 11) is 1.50. The van der Waals surface area contributed by atoms with Gasteiger partial charge in [0, 0.05) is 36.9 Å². The molecule has 0 amide bonds. The van der Waals surface area contributed by atoms with Crippen molar-refractivity contribution in [1.82, 2.24) is 9.97 Å². The SMILES string of the molecule is CN.Nc1nc(-c2cccc([N+](=O)[O-])c2)cc(N2CCCCCC2)n1. The van der Waals surface area contributed by atoms with Crippen LogP contribution < -0.4 is 16.4 Å². The van der Waals surface area contributed by atoms with Gasteiger partial charge in [-0.15, -0.1) is 0 Å². The summed E-state index contributed by atoms with van der Waals surface area (Å²) in [5, 5.41) is 10.9. The van der Waals surface area contributed by atoms with Gasteiger partial charge in [-0.2, -0.15) is 4.98 Å². The summed E-state index contributed by atoms with van der Waals surface area (Å²) in [6.07, 6.45) is 4.73. The monoisotopic (exact) mass is 344 g/mol. The maximum Gasteiger partial charge on any atom is 0.270 e. The van der Waals surface area contributed by atoms with E-state index in [9.17, 15) is 10.1 Å². The normalized spacial score (nSPS) is 14.2. The van der Waals surface area contributed by atoms with E-state index in [1.807, 2.05) is 6.07 Å². The Balaban J connectivity index is 0.00000109. The summed E-state index contributed by atoms with van der Waals surface area (Å²) in [6.45, 7) is 1.90. The quantitative estimate of drug-likeness (QED) is 0.647. The average Bonchev–Trinajstić information content (AvgIpc) is 2.92. The molecule has 0 aliphatic carbocycles. The lowest BCUT2D eigenvalue weighted by atomic mass is 10.1. The minimum absolute atomic E-state index is 0.0380. The van der Waals surface area contributed by atoms with Crippen molar-refractivity contribution in [3.05, 3.63) is 40.4 Å². The van der Waals surface area contributed by atoms with Crippen LogP contribution in [0.4, 0.5) is 17.5 Å². The van der Waals surface area contributed by atoms with Crippen molar-refractivity contribution in [2.45, 2.75) is 25.7 Å². The van der Waals surface area contributed by atoms with Gasteiger partial charge >= 0.3 is 0 Å². The molecule has 134 valence electrons. The maximum absolute atomic E-state index is 10.9. The van der Waals surface area contributed by atoms with E-state index in [1.165, 1.54) is 32.0 Å². The Morgan fingerprint density at radius 1 is 1.08 bits per heavy atom. The van der Waals surface area contributed by atoms with Crippen LogP contribution in [0.25, 0.3) is 11.3 Å². The third kappa shape index (κ3) is 4.87. The predicted octanol–water partition coefficient (Wildman–Crippen LogP) is 2.59. The number of nitro benzene ring substituents is 1. The number of rotatable bonds is 3. The number of nitrogen functional groups attached to an aromatic ring is 1. The number of aromatic nitrogens is 2. The number of hydrogen-bond acceptors (Lipinski definition) is 7. The number of nitrogens with two attached hydrogens (primary N) is 2. The van der Waals surface area contributed by atoms with Crippen molar-refractivity contribution in [3.8, 4) is 11.3 Å². The Bertz CT molecular complexity index is 714. The molecule has 0 atom stereocenters. The average molecular weight is 344 g/mol. The lowest BCUT2D eigenvalue weighted by Gasteiger charge is -2.22. The van der Waals surface area contributed by atoms with Gasteiger partial charge in [-0.1, -0.05) is 25.0 Å². The van der Waals surface area contributed by atoms with Crippen LogP contribution in [-0.2, 0) is 0 Å². The molecule has 4 N–H and O–H groups in total. The second kappa shape index (κ2) is 8.93. The van der Waals surface area contributed by atoms with E-state index in [0.29, 0.717) is 11.3 Å². The van der Waals surface area contributed by atoms with Crippen molar-refractivity contribution in [3.63, 3.8) is 0 Å². The van der Waals surface area contributed by atoms with E-state index in [-0.39, 0.29) is 11.6 Å². The molecule has 1 aromatic heterocycles. The minimum Gasteiger partial charge on any atom is -0.368 e. The molecule has 1 aliphatic heterocycles. The van der Waals surface area contributed by atoms with Crippen LogP contribution in [0.1, 0.15) is 25.7 Å². The first kappa shape index (κ1) is 18.6. The van der Waals surface area contributed by atoms with Gasteiger partial charge in [0.05, 0.1) is 10.6 Å². The molecule has 1 saturated heterocycles. The van der Waals surface area contributed by atoms with E-state index in [2.05, 4.69) is 20.6 Å². The summed E-state index contributed by atoms with van der Waals surface area (Å²) in [6, 6.07) is 8.27. The Kier molecular flexibility index (Phi) is 6.64. The standard InChI is InChI=1S/C16H19N5O2.CH5N/c17-16-18-14(12-6-5-7-13(10-12)21(22)23)11-15(19-16)20-8-3-1-2-4-9-20;1-2/h5-7,10-11H,1-4,8-9H2,(H2,17,18,19);2H2,1H3. The van der Waals surface area contributed by atoms with E-state index in [1.54, 1.807) is 12.1 Å². The summed E-state index contributed by atoms with van der Waals surface area (Å²) in [4.78, 5) is 21.3. The van der Waals surface area contributed by atoms with Crippen molar-refractivity contribution in [2.24, 2.45) is 5.73 Å². The van der Waals surface area contributed by atoms with Gasteiger partial charge in [0.15, 0.2) is 0 Å². The summed E-state index contributed by atoms with van der Waals surface area (Å²) in [5.41, 5.74) is 11.7. The summed E-state index contributed by atoms with van der Waals surface area (Å²) < 4.78 is 0. The van der Waals surface area contributed by atoms with Gasteiger partial charge in [-0.05, 0) is 19.9 Å². The number of nitro groups is 1. The van der Waals surface area contributed by atoms with Crippen LogP contribution in [0.15, 0.2) is 30.3 Å². The van der Waals surface area contributed by atoms with Gasteiger partial charge < -0.3 is 16.4 Å². The second-order valence-corrected chi connectivity index (χ2v) is 5.68. The highest BCUT2D eigenvalue weighted by atomic mass is 16.6. The van der Waals surface area contributed by atoms with Crippen LogP contribution in [-0.4, -0.2) is 35.0 Å². The van der Waals surface area contributed by atoms with E-state index in [4.69, 9.17) is 5.73 Å². The van der Waals surface area contributed by atoms with Crippen LogP contribution >= 0.6 is 0 Å². The third-order valence-corrected chi connectivity index (χ3v) is 4.01. The Labute approximate surface area is 147 Å². The van der Waals surface area contributed by atoms with Crippen molar-refractivity contribution in [1.29, 1.82) is 0 Å².